The number of halogens is 1. The molecular formula is C15H22BrN3O5. The fourth-order valence-electron chi connectivity index (χ4n) is 2.33. The normalized spacial score (nSPS) is 20.1. The SMILES string of the molecule is CC(C)(C)OC(=O)N1[C@@H](COc2nc[nH]c(=O)c2Br)COC1(C)C. The Balaban J connectivity index is 2.12. The van der Waals surface area contributed by atoms with E-state index in [0.29, 0.717) is 6.61 Å². The molecule has 0 aromatic carbocycles. The van der Waals surface area contributed by atoms with Crippen molar-refractivity contribution in [1.29, 1.82) is 0 Å². The molecule has 1 amide bonds. The van der Waals surface area contributed by atoms with Gasteiger partial charge in [-0.2, -0.15) is 0 Å². The molecule has 1 aliphatic heterocycles. The third-order valence-electron chi connectivity index (χ3n) is 3.34. The van der Waals surface area contributed by atoms with Crippen molar-refractivity contribution in [3.8, 4) is 5.88 Å². The van der Waals surface area contributed by atoms with E-state index in [-0.39, 0.29) is 28.6 Å². The van der Waals surface area contributed by atoms with E-state index >= 15 is 0 Å². The number of hydrogen-bond acceptors (Lipinski definition) is 6. The molecular weight excluding hydrogens is 382 g/mol. The Labute approximate surface area is 148 Å². The van der Waals surface area contributed by atoms with Crippen molar-refractivity contribution in [2.75, 3.05) is 13.2 Å². The van der Waals surface area contributed by atoms with Gasteiger partial charge in [0.1, 0.15) is 22.4 Å². The maximum absolute atomic E-state index is 12.5. The molecule has 24 heavy (non-hydrogen) atoms. The van der Waals surface area contributed by atoms with Crippen molar-refractivity contribution in [2.24, 2.45) is 0 Å². The van der Waals surface area contributed by atoms with E-state index < -0.39 is 17.4 Å². The van der Waals surface area contributed by atoms with Crippen LogP contribution in [-0.4, -0.2) is 51.5 Å². The van der Waals surface area contributed by atoms with E-state index in [9.17, 15) is 9.59 Å². The van der Waals surface area contributed by atoms with Gasteiger partial charge in [0.15, 0.2) is 0 Å². The maximum atomic E-state index is 12.5. The lowest BCUT2D eigenvalue weighted by atomic mass is 10.2. The summed E-state index contributed by atoms with van der Waals surface area (Å²) in [4.78, 5) is 32.0. The van der Waals surface area contributed by atoms with Crippen molar-refractivity contribution < 1.29 is 19.0 Å². The largest absolute Gasteiger partial charge is 0.474 e. The summed E-state index contributed by atoms with van der Waals surface area (Å²) < 4.78 is 16.9. The average Bonchev–Trinajstić information content (AvgIpc) is 2.73. The summed E-state index contributed by atoms with van der Waals surface area (Å²) in [6.07, 6.45) is 0.778. The zero-order valence-corrected chi connectivity index (χ0v) is 16.0. The summed E-state index contributed by atoms with van der Waals surface area (Å²) in [7, 11) is 0. The van der Waals surface area contributed by atoms with E-state index in [4.69, 9.17) is 14.2 Å². The molecule has 9 heteroatoms. The van der Waals surface area contributed by atoms with Gasteiger partial charge in [-0.05, 0) is 50.5 Å². The monoisotopic (exact) mass is 403 g/mol. The molecule has 0 unspecified atom stereocenters. The smallest absolute Gasteiger partial charge is 0.413 e. The second-order valence-electron chi connectivity index (χ2n) is 6.92. The van der Waals surface area contributed by atoms with E-state index in [1.807, 2.05) is 0 Å². The molecule has 0 aliphatic carbocycles. The summed E-state index contributed by atoms with van der Waals surface area (Å²) in [6, 6.07) is -0.358. The molecule has 1 aliphatic rings. The summed E-state index contributed by atoms with van der Waals surface area (Å²) in [5.74, 6) is 0.160. The highest BCUT2D eigenvalue weighted by molar-refractivity contribution is 9.10. The first-order valence-electron chi connectivity index (χ1n) is 7.53. The van der Waals surface area contributed by atoms with Gasteiger partial charge < -0.3 is 19.2 Å². The number of aromatic nitrogens is 2. The van der Waals surface area contributed by atoms with Gasteiger partial charge in [-0.25, -0.2) is 9.78 Å². The van der Waals surface area contributed by atoms with Crippen LogP contribution in [0.2, 0.25) is 0 Å². The van der Waals surface area contributed by atoms with Crippen LogP contribution in [0.5, 0.6) is 5.88 Å². The van der Waals surface area contributed by atoms with Gasteiger partial charge >= 0.3 is 6.09 Å². The van der Waals surface area contributed by atoms with Gasteiger partial charge in [-0.1, -0.05) is 0 Å². The van der Waals surface area contributed by atoms with Crippen molar-refractivity contribution in [2.45, 2.75) is 52.0 Å². The summed E-state index contributed by atoms with van der Waals surface area (Å²) in [6.45, 7) is 9.41. The zero-order chi connectivity index (χ0) is 18.1. The summed E-state index contributed by atoms with van der Waals surface area (Å²) >= 11 is 3.13. The number of nitrogens with one attached hydrogen (secondary N) is 1. The second-order valence-corrected chi connectivity index (χ2v) is 7.72. The Morgan fingerprint density at radius 3 is 2.83 bits per heavy atom. The van der Waals surface area contributed by atoms with Gasteiger partial charge in [0.25, 0.3) is 5.56 Å². The molecule has 0 spiro atoms. The predicted octanol–water partition coefficient (Wildman–Crippen LogP) is 2.28. The Morgan fingerprint density at radius 1 is 1.54 bits per heavy atom. The number of hydrogen-bond donors (Lipinski definition) is 1. The van der Waals surface area contributed by atoms with E-state index in [2.05, 4.69) is 25.9 Å². The molecule has 1 aromatic rings. The van der Waals surface area contributed by atoms with Crippen molar-refractivity contribution in [3.05, 3.63) is 21.2 Å². The summed E-state index contributed by atoms with van der Waals surface area (Å²) in [5.41, 5.74) is -1.76. The molecule has 2 rings (SSSR count). The Morgan fingerprint density at radius 2 is 2.21 bits per heavy atom. The van der Waals surface area contributed by atoms with Crippen LogP contribution in [0.4, 0.5) is 4.79 Å². The molecule has 8 nitrogen and oxygen atoms in total. The van der Waals surface area contributed by atoms with Gasteiger partial charge in [0.05, 0.1) is 19.0 Å². The first kappa shape index (κ1) is 18.7. The number of rotatable bonds is 3. The molecule has 1 aromatic heterocycles. The third-order valence-corrected chi connectivity index (χ3v) is 4.04. The highest BCUT2D eigenvalue weighted by atomic mass is 79.9. The van der Waals surface area contributed by atoms with Crippen molar-refractivity contribution in [3.63, 3.8) is 0 Å². The fraction of sp³-hybridized carbons (Fsp3) is 0.667. The van der Waals surface area contributed by atoms with Gasteiger partial charge in [-0.3, -0.25) is 9.69 Å². The molecule has 1 N–H and O–H groups in total. The average molecular weight is 404 g/mol. The Bertz CT molecular complexity index is 668. The Kier molecular flexibility index (Phi) is 5.24. The number of ether oxygens (including phenoxy) is 3. The van der Waals surface area contributed by atoms with Crippen LogP contribution in [-0.2, 0) is 9.47 Å². The lowest BCUT2D eigenvalue weighted by molar-refractivity contribution is -0.0637. The van der Waals surface area contributed by atoms with Gasteiger partial charge in [-0.15, -0.1) is 0 Å². The molecule has 0 bridgehead atoms. The van der Waals surface area contributed by atoms with Crippen LogP contribution in [0, 0.1) is 0 Å². The molecule has 1 fully saturated rings. The molecule has 1 saturated heterocycles. The Hall–Kier alpha value is -1.61. The number of aromatic amines is 1. The van der Waals surface area contributed by atoms with Crippen LogP contribution in [0.3, 0.4) is 0 Å². The van der Waals surface area contributed by atoms with Gasteiger partial charge in [0, 0.05) is 0 Å². The highest BCUT2D eigenvalue weighted by Gasteiger charge is 2.46. The number of nitrogens with zero attached hydrogens (tertiary/aromatic N) is 2. The van der Waals surface area contributed by atoms with Crippen LogP contribution >= 0.6 is 15.9 Å². The van der Waals surface area contributed by atoms with Crippen molar-refractivity contribution in [1.82, 2.24) is 14.9 Å². The molecule has 134 valence electrons. The minimum absolute atomic E-state index is 0.123. The zero-order valence-electron chi connectivity index (χ0n) is 14.4. The first-order valence-corrected chi connectivity index (χ1v) is 8.33. The van der Waals surface area contributed by atoms with Crippen LogP contribution in [0.1, 0.15) is 34.6 Å². The van der Waals surface area contributed by atoms with E-state index in [1.165, 1.54) is 11.2 Å². The molecule has 0 saturated carbocycles. The van der Waals surface area contributed by atoms with Crippen LogP contribution in [0.15, 0.2) is 15.6 Å². The van der Waals surface area contributed by atoms with Crippen LogP contribution in [0.25, 0.3) is 0 Å². The van der Waals surface area contributed by atoms with Crippen LogP contribution < -0.4 is 10.3 Å². The molecule has 2 heterocycles. The minimum Gasteiger partial charge on any atom is -0.474 e. The fourth-order valence-corrected chi connectivity index (χ4v) is 2.66. The lowest BCUT2D eigenvalue weighted by Gasteiger charge is -2.34. The number of amides is 1. The topological polar surface area (TPSA) is 93.7 Å². The minimum atomic E-state index is -0.810. The second kappa shape index (κ2) is 6.72. The first-order chi connectivity index (χ1) is 11.0. The number of H-pyrrole nitrogens is 1. The maximum Gasteiger partial charge on any atom is 0.413 e. The molecule has 0 radical (unpaired) electrons. The predicted molar refractivity (Wildman–Crippen MR) is 89.9 cm³/mol. The summed E-state index contributed by atoms with van der Waals surface area (Å²) in [5, 5.41) is 0. The molecule has 1 atom stereocenters. The van der Waals surface area contributed by atoms with E-state index in [0.717, 1.165) is 0 Å². The quantitative estimate of drug-likeness (QED) is 0.831. The number of carbonyl (C=O) groups is 1. The van der Waals surface area contributed by atoms with Gasteiger partial charge in [0.2, 0.25) is 5.88 Å². The van der Waals surface area contributed by atoms with E-state index in [1.54, 1.807) is 34.6 Å². The third kappa shape index (κ3) is 4.27. The standard InChI is InChI=1S/C15H22BrN3O5/c1-14(2,3)24-13(21)19-9(7-23-15(19,4)5)6-22-12-10(16)11(20)17-8-18-12/h8-9H,6-7H2,1-5H3,(H,17,18,20)/t9-/m0/s1. The number of carbonyl (C=O) groups excluding carboxylic acids is 1. The lowest BCUT2D eigenvalue weighted by Crippen LogP contribution is -2.51. The van der Waals surface area contributed by atoms with Crippen molar-refractivity contribution >= 4 is 22.0 Å². The highest BCUT2D eigenvalue weighted by Crippen LogP contribution is 2.30.